The van der Waals surface area contributed by atoms with Crippen LogP contribution in [0.1, 0.15) is 5.69 Å². The first kappa shape index (κ1) is 21.6. The Morgan fingerprint density at radius 2 is 2.00 bits per heavy atom. The van der Waals surface area contributed by atoms with Crippen molar-refractivity contribution in [2.24, 2.45) is 0 Å². The Labute approximate surface area is 181 Å². The third kappa shape index (κ3) is 4.37. The van der Waals surface area contributed by atoms with Crippen LogP contribution in [0.3, 0.4) is 0 Å². The van der Waals surface area contributed by atoms with Crippen LogP contribution < -0.4 is 20.3 Å². The van der Waals surface area contributed by atoms with Crippen LogP contribution in [0.2, 0.25) is 0 Å². The topological polar surface area (TPSA) is 84.3 Å². The van der Waals surface area contributed by atoms with Gasteiger partial charge in [-0.2, -0.15) is 5.10 Å². The summed E-state index contributed by atoms with van der Waals surface area (Å²) in [5, 5.41) is 11.3. The fourth-order valence-electron chi connectivity index (χ4n) is 3.55. The van der Waals surface area contributed by atoms with Crippen LogP contribution in [-0.4, -0.2) is 53.2 Å². The van der Waals surface area contributed by atoms with Crippen molar-refractivity contribution in [1.82, 2.24) is 25.4 Å². The number of aromatic nitrogens is 3. The van der Waals surface area contributed by atoms with E-state index in [-0.39, 0.29) is 18.2 Å². The number of pyridine rings is 1. The van der Waals surface area contributed by atoms with Crippen molar-refractivity contribution in [3.63, 3.8) is 0 Å². The Balaban J connectivity index is 1.74. The average Bonchev–Trinajstić information content (AvgIpc) is 3.10. The predicted molar refractivity (Wildman–Crippen MR) is 113 cm³/mol. The lowest BCUT2D eigenvalue weighted by Crippen LogP contribution is -2.57. The maximum absolute atomic E-state index is 12.5. The fourth-order valence-corrected chi connectivity index (χ4v) is 3.55. The highest BCUT2D eigenvalue weighted by molar-refractivity contribution is 5.94. The number of carbonyl (C=O) groups excluding carboxylic acids is 1. The van der Waals surface area contributed by atoms with Crippen molar-refractivity contribution in [1.29, 1.82) is 0 Å². The van der Waals surface area contributed by atoms with Gasteiger partial charge >= 0.3 is 6.36 Å². The Morgan fingerprint density at radius 3 is 2.62 bits per heavy atom. The monoisotopic (exact) mass is 446 g/mol. The molecule has 0 unspecified atom stereocenters. The minimum absolute atomic E-state index is 0.144. The highest BCUT2D eigenvalue weighted by Crippen LogP contribution is 2.33. The highest BCUT2D eigenvalue weighted by atomic mass is 19.4. The zero-order chi connectivity index (χ0) is 22.9. The molecule has 0 radical (unpaired) electrons. The van der Waals surface area contributed by atoms with Gasteiger partial charge in [0.1, 0.15) is 5.75 Å². The number of fused-ring (bicyclic) bond motifs is 1. The summed E-state index contributed by atoms with van der Waals surface area (Å²) in [6.45, 7) is 5.21. The lowest BCUT2D eigenvalue weighted by Gasteiger charge is -2.41. The number of benzene rings is 1. The van der Waals surface area contributed by atoms with E-state index < -0.39 is 6.36 Å². The van der Waals surface area contributed by atoms with Crippen LogP contribution in [0.4, 0.5) is 18.9 Å². The van der Waals surface area contributed by atoms with E-state index in [1.54, 1.807) is 10.9 Å². The van der Waals surface area contributed by atoms with Crippen LogP contribution in [0.15, 0.2) is 49.2 Å². The first-order valence-corrected chi connectivity index (χ1v) is 9.84. The second-order valence-corrected chi connectivity index (χ2v) is 7.24. The van der Waals surface area contributed by atoms with Crippen LogP contribution >= 0.6 is 0 Å². The number of nitrogens with one attached hydrogen (secondary N) is 2. The van der Waals surface area contributed by atoms with E-state index in [0.29, 0.717) is 23.1 Å². The normalized spacial score (nSPS) is 14.3. The molecule has 0 spiro atoms. The van der Waals surface area contributed by atoms with Crippen molar-refractivity contribution in [2.75, 3.05) is 25.0 Å². The molecule has 0 aliphatic carbocycles. The summed E-state index contributed by atoms with van der Waals surface area (Å²) in [6, 6.07) is 7.62. The molecule has 32 heavy (non-hydrogen) atoms. The fraction of sp³-hybridized carbons (Fsp3) is 0.286. The van der Waals surface area contributed by atoms with Gasteiger partial charge in [-0.05, 0) is 43.5 Å². The zero-order valence-corrected chi connectivity index (χ0v) is 17.2. The Morgan fingerprint density at radius 1 is 1.28 bits per heavy atom. The molecule has 8 nitrogen and oxygen atoms in total. The largest absolute Gasteiger partial charge is 0.573 e. The minimum atomic E-state index is -4.77. The Kier molecular flexibility index (Phi) is 5.74. The second kappa shape index (κ2) is 8.50. The minimum Gasteiger partial charge on any atom is -0.406 e. The molecule has 1 aromatic carbocycles. The molecule has 168 valence electrons. The number of nitrogens with zero attached hydrogens (tertiary/aromatic N) is 4. The first-order valence-electron chi connectivity index (χ1n) is 9.84. The van der Waals surface area contributed by atoms with E-state index in [2.05, 4.69) is 36.9 Å². The maximum atomic E-state index is 12.5. The standard InChI is InChI=1S/C21H21F3N6O2/c1-3-18(31)27-10-16-19-17(29-11-13(12-29)25-2)8-9-26-20(19)30(28-16)14-4-6-15(7-5-14)32-21(22,23)24/h3-9,13,25H,1,10-12H2,2H3,(H,27,31). The van der Waals surface area contributed by atoms with Gasteiger partial charge in [0.05, 0.1) is 29.0 Å². The smallest absolute Gasteiger partial charge is 0.406 e. The second-order valence-electron chi connectivity index (χ2n) is 7.24. The molecule has 1 aliphatic heterocycles. The molecule has 1 saturated heterocycles. The van der Waals surface area contributed by atoms with Crippen molar-refractivity contribution in [3.8, 4) is 11.4 Å². The lowest BCUT2D eigenvalue weighted by atomic mass is 10.1. The molecule has 0 bridgehead atoms. The van der Waals surface area contributed by atoms with Gasteiger partial charge in [-0.1, -0.05) is 6.58 Å². The number of likely N-dealkylation sites (N-methyl/N-ethyl adjacent to an activating group) is 1. The predicted octanol–water partition coefficient (Wildman–Crippen LogP) is 2.53. The van der Waals surface area contributed by atoms with Crippen molar-refractivity contribution < 1.29 is 22.7 Å². The number of hydrogen-bond donors (Lipinski definition) is 2. The quantitative estimate of drug-likeness (QED) is 0.543. The summed E-state index contributed by atoms with van der Waals surface area (Å²) < 4.78 is 42.9. The molecule has 1 amide bonds. The third-order valence-electron chi connectivity index (χ3n) is 5.18. The van der Waals surface area contributed by atoms with Crippen molar-refractivity contribution >= 4 is 22.6 Å². The summed E-state index contributed by atoms with van der Waals surface area (Å²) in [7, 11) is 1.91. The molecule has 4 rings (SSSR count). The van der Waals surface area contributed by atoms with E-state index in [9.17, 15) is 18.0 Å². The summed E-state index contributed by atoms with van der Waals surface area (Å²) in [5.41, 5.74) is 2.55. The van der Waals surface area contributed by atoms with Crippen LogP contribution in [0.25, 0.3) is 16.7 Å². The number of amides is 1. The van der Waals surface area contributed by atoms with Gasteiger partial charge in [0.2, 0.25) is 5.91 Å². The third-order valence-corrected chi connectivity index (χ3v) is 5.18. The number of rotatable bonds is 7. The first-order chi connectivity index (χ1) is 15.3. The molecular formula is C21H21F3N6O2. The average molecular weight is 446 g/mol. The molecule has 11 heteroatoms. The Bertz CT molecular complexity index is 1140. The number of alkyl halides is 3. The summed E-state index contributed by atoms with van der Waals surface area (Å²) >= 11 is 0. The van der Waals surface area contributed by atoms with Crippen LogP contribution in [0.5, 0.6) is 5.75 Å². The summed E-state index contributed by atoms with van der Waals surface area (Å²) in [4.78, 5) is 18.4. The van der Waals surface area contributed by atoms with E-state index >= 15 is 0 Å². The number of hydrogen-bond acceptors (Lipinski definition) is 6. The summed E-state index contributed by atoms with van der Waals surface area (Å²) in [5.74, 6) is -0.672. The maximum Gasteiger partial charge on any atom is 0.573 e. The van der Waals surface area contributed by atoms with Gasteiger partial charge in [0.25, 0.3) is 0 Å². The van der Waals surface area contributed by atoms with Gasteiger partial charge in [0.15, 0.2) is 5.65 Å². The molecule has 0 saturated carbocycles. The van der Waals surface area contributed by atoms with E-state index in [0.717, 1.165) is 24.2 Å². The zero-order valence-electron chi connectivity index (χ0n) is 17.2. The van der Waals surface area contributed by atoms with E-state index in [4.69, 9.17) is 0 Å². The van der Waals surface area contributed by atoms with Crippen molar-refractivity contribution in [2.45, 2.75) is 18.9 Å². The molecule has 1 aliphatic rings. The van der Waals surface area contributed by atoms with E-state index in [1.807, 2.05) is 13.1 Å². The molecule has 2 aromatic heterocycles. The number of carbonyl (C=O) groups is 1. The van der Waals surface area contributed by atoms with Crippen molar-refractivity contribution in [3.05, 3.63) is 54.9 Å². The number of halogens is 3. The van der Waals surface area contributed by atoms with E-state index in [1.165, 1.54) is 30.3 Å². The van der Waals surface area contributed by atoms with Gasteiger partial charge in [-0.15, -0.1) is 13.2 Å². The van der Waals surface area contributed by atoms with Gasteiger partial charge in [-0.25, -0.2) is 9.67 Å². The molecule has 2 N–H and O–H groups in total. The van der Waals surface area contributed by atoms with Crippen LogP contribution in [0, 0.1) is 0 Å². The van der Waals surface area contributed by atoms with Gasteiger partial charge < -0.3 is 20.3 Å². The highest BCUT2D eigenvalue weighted by Gasteiger charge is 2.31. The molecule has 0 atom stereocenters. The summed E-state index contributed by atoms with van der Waals surface area (Å²) in [6.07, 6.45) is -1.93. The SMILES string of the molecule is C=CC(=O)NCc1nn(-c2ccc(OC(F)(F)F)cc2)c2nccc(N3CC(NC)C3)c12. The van der Waals surface area contributed by atoms with Gasteiger partial charge in [-0.3, -0.25) is 4.79 Å². The number of ether oxygens (including phenoxy) is 1. The van der Waals surface area contributed by atoms with Gasteiger partial charge in [0, 0.05) is 25.3 Å². The molecule has 3 heterocycles. The number of anilines is 1. The lowest BCUT2D eigenvalue weighted by molar-refractivity contribution is -0.274. The Hall–Kier alpha value is -3.60. The van der Waals surface area contributed by atoms with Crippen LogP contribution in [-0.2, 0) is 11.3 Å². The molecular weight excluding hydrogens is 425 g/mol. The molecule has 1 fully saturated rings. The molecule has 3 aromatic rings.